The Morgan fingerprint density at radius 3 is 2.20 bits per heavy atom. The van der Waals surface area contributed by atoms with Crippen molar-refractivity contribution in [3.8, 4) is 0 Å². The van der Waals surface area contributed by atoms with Gasteiger partial charge in [0.25, 0.3) is 0 Å². The zero-order valence-electron chi connectivity index (χ0n) is 14.3. The Bertz CT molecular complexity index is 839. The van der Waals surface area contributed by atoms with Crippen LogP contribution in [-0.2, 0) is 10.0 Å². The van der Waals surface area contributed by atoms with Crippen LogP contribution in [0.25, 0.3) is 0 Å². The van der Waals surface area contributed by atoms with Crippen molar-refractivity contribution < 1.29 is 17.2 Å². The molecule has 0 aromatic heterocycles. The number of benzene rings is 1. The van der Waals surface area contributed by atoms with Crippen molar-refractivity contribution in [2.75, 3.05) is 0 Å². The molecular weight excluding hydrogens is 412 g/mol. The summed E-state index contributed by atoms with van der Waals surface area (Å²) in [6, 6.07) is 1.62. The third-order valence-electron chi connectivity index (χ3n) is 6.24. The van der Waals surface area contributed by atoms with Crippen molar-refractivity contribution in [3.05, 3.63) is 28.2 Å². The summed E-state index contributed by atoms with van der Waals surface area (Å²) in [6.45, 7) is 4.47. The highest BCUT2D eigenvalue weighted by Crippen LogP contribution is 2.66. The Kier molecular flexibility index (Phi) is 3.76. The first-order valence-electron chi connectivity index (χ1n) is 8.62. The van der Waals surface area contributed by atoms with E-state index in [0.29, 0.717) is 5.92 Å². The van der Waals surface area contributed by atoms with E-state index >= 15 is 0 Å². The predicted octanol–water partition coefficient (Wildman–Crippen LogP) is 4.75. The van der Waals surface area contributed by atoms with Crippen molar-refractivity contribution in [2.45, 2.75) is 62.8 Å². The van der Waals surface area contributed by atoms with E-state index in [2.05, 4.69) is 34.5 Å². The molecule has 0 radical (unpaired) electrons. The Hall–Kier alpha value is -0.530. The Morgan fingerprint density at radius 2 is 1.64 bits per heavy atom. The molecule has 1 aromatic carbocycles. The van der Waals surface area contributed by atoms with Gasteiger partial charge in [0.05, 0.1) is 4.47 Å². The van der Waals surface area contributed by atoms with Crippen LogP contribution in [0.5, 0.6) is 0 Å². The van der Waals surface area contributed by atoms with E-state index in [1.54, 1.807) is 0 Å². The van der Waals surface area contributed by atoms with Crippen LogP contribution in [0.2, 0.25) is 0 Å². The van der Waals surface area contributed by atoms with Gasteiger partial charge in [-0.25, -0.2) is 21.9 Å². The first-order chi connectivity index (χ1) is 11.4. The van der Waals surface area contributed by atoms with Crippen LogP contribution >= 0.6 is 15.9 Å². The summed E-state index contributed by atoms with van der Waals surface area (Å²) in [5, 5.41) is 0. The highest BCUT2D eigenvalue weighted by molar-refractivity contribution is 9.10. The highest BCUT2D eigenvalue weighted by atomic mass is 79.9. The fourth-order valence-electron chi connectivity index (χ4n) is 6.61. The maximum Gasteiger partial charge on any atom is 0.244 e. The zero-order chi connectivity index (χ0) is 18.3. The molecule has 1 N–H and O–H groups in total. The first-order valence-corrected chi connectivity index (χ1v) is 10.9. The van der Waals surface area contributed by atoms with Crippen LogP contribution in [0.3, 0.4) is 0 Å². The second-order valence-corrected chi connectivity index (χ2v) is 11.7. The number of nitrogens with one attached hydrogen (secondary N) is 1. The Labute approximate surface area is 155 Å². The summed E-state index contributed by atoms with van der Waals surface area (Å²) in [7, 11) is -4.13. The van der Waals surface area contributed by atoms with Crippen molar-refractivity contribution >= 4 is 26.0 Å². The molecule has 2 unspecified atom stereocenters. The summed E-state index contributed by atoms with van der Waals surface area (Å²) < 4.78 is 56.5. The molecule has 138 valence electrons. The highest BCUT2D eigenvalue weighted by Gasteiger charge is 2.61. The largest absolute Gasteiger partial charge is 0.244 e. The van der Waals surface area contributed by atoms with Gasteiger partial charge >= 0.3 is 0 Å². The molecule has 5 rings (SSSR count). The van der Waals surface area contributed by atoms with Crippen molar-refractivity contribution in [3.63, 3.8) is 0 Å². The number of sulfonamides is 1. The van der Waals surface area contributed by atoms with Crippen molar-refractivity contribution in [1.29, 1.82) is 0 Å². The maximum atomic E-state index is 14.2. The number of rotatable bonds is 3. The van der Waals surface area contributed by atoms with E-state index in [4.69, 9.17) is 0 Å². The third-order valence-corrected chi connectivity index (χ3v) is 8.44. The van der Waals surface area contributed by atoms with Crippen LogP contribution in [-0.4, -0.2) is 14.0 Å². The van der Waals surface area contributed by atoms with Gasteiger partial charge in [0.2, 0.25) is 10.0 Å². The average molecular weight is 434 g/mol. The minimum absolute atomic E-state index is 0.0845. The van der Waals surface area contributed by atoms with Crippen LogP contribution in [0.4, 0.5) is 8.78 Å². The van der Waals surface area contributed by atoms with Gasteiger partial charge in [-0.15, -0.1) is 0 Å². The van der Waals surface area contributed by atoms with Crippen molar-refractivity contribution in [1.82, 2.24) is 4.72 Å². The Balaban J connectivity index is 1.71. The lowest BCUT2D eigenvalue weighted by Gasteiger charge is -2.65. The molecule has 3 nitrogen and oxygen atoms in total. The minimum atomic E-state index is -4.13. The first kappa shape index (κ1) is 17.9. The number of halogens is 3. The molecule has 0 aliphatic heterocycles. The molecule has 4 aliphatic carbocycles. The summed E-state index contributed by atoms with van der Waals surface area (Å²) in [5.74, 6) is -1.23. The molecule has 4 aliphatic rings. The molecule has 2 atom stereocenters. The number of hydrogen-bond acceptors (Lipinski definition) is 2. The van der Waals surface area contributed by atoms with Crippen LogP contribution in [0.1, 0.15) is 52.4 Å². The van der Waals surface area contributed by atoms with E-state index in [1.807, 2.05) is 0 Å². The average Bonchev–Trinajstić information content (AvgIpc) is 2.37. The molecule has 1 aromatic rings. The predicted molar refractivity (Wildman–Crippen MR) is 94.5 cm³/mol. The quantitative estimate of drug-likeness (QED) is 0.698. The lowest BCUT2D eigenvalue weighted by atomic mass is 9.43. The molecule has 4 fully saturated rings. The molecule has 25 heavy (non-hydrogen) atoms. The maximum absolute atomic E-state index is 14.2. The topological polar surface area (TPSA) is 46.2 Å². The fourth-order valence-corrected chi connectivity index (χ4v) is 8.41. The van der Waals surface area contributed by atoms with Gasteiger partial charge in [-0.2, -0.15) is 0 Å². The molecule has 7 heteroatoms. The van der Waals surface area contributed by atoms with E-state index in [1.165, 1.54) is 0 Å². The van der Waals surface area contributed by atoms with E-state index in [9.17, 15) is 17.2 Å². The molecular formula is C18H22BrF2NO2S. The van der Waals surface area contributed by atoms with E-state index in [-0.39, 0.29) is 15.3 Å². The summed E-state index contributed by atoms with van der Waals surface area (Å²) in [5.41, 5.74) is -0.294. The molecule has 4 saturated carbocycles. The fraction of sp³-hybridized carbons (Fsp3) is 0.667. The molecule has 0 amide bonds. The van der Waals surface area contributed by atoms with Crippen LogP contribution in [0, 0.1) is 28.4 Å². The lowest BCUT2D eigenvalue weighted by molar-refractivity contribution is -0.110. The molecule has 0 spiro atoms. The summed E-state index contributed by atoms with van der Waals surface area (Å²) >= 11 is 2.88. The molecule has 0 saturated heterocycles. The molecule has 4 bridgehead atoms. The third kappa shape index (κ3) is 2.96. The molecule has 0 heterocycles. The lowest BCUT2D eigenvalue weighted by Crippen LogP contribution is -2.65. The zero-order valence-corrected chi connectivity index (χ0v) is 16.7. The van der Waals surface area contributed by atoms with Crippen molar-refractivity contribution in [2.24, 2.45) is 16.7 Å². The van der Waals surface area contributed by atoms with Gasteiger partial charge in [-0.3, -0.25) is 0 Å². The monoisotopic (exact) mass is 433 g/mol. The SMILES string of the molecule is CC12CC3CC(C)(C1)CC(NS(=O)(=O)c1cc(F)c(Br)cc1F)(C3)C2. The van der Waals surface area contributed by atoms with Gasteiger partial charge in [-0.1, -0.05) is 13.8 Å². The second-order valence-electron chi connectivity index (χ2n) is 9.21. The van der Waals surface area contributed by atoms with Gasteiger partial charge in [0.15, 0.2) is 0 Å². The van der Waals surface area contributed by atoms with Gasteiger partial charge < -0.3 is 0 Å². The smallest absolute Gasteiger partial charge is 0.207 e. The number of hydrogen-bond donors (Lipinski definition) is 1. The Morgan fingerprint density at radius 1 is 1.04 bits per heavy atom. The summed E-state index contributed by atoms with van der Waals surface area (Å²) in [6.07, 6.45) is 5.71. The normalized spacial score (nSPS) is 39.8. The standard InChI is InChI=1S/C18H22BrF2NO2S/c1-16-5-11-6-17(2,8-16)10-18(7-11,9-16)22-25(23,24)15-4-13(20)12(19)3-14(15)21/h3-4,11,22H,5-10H2,1-2H3. The van der Waals surface area contributed by atoms with Gasteiger partial charge in [0.1, 0.15) is 16.5 Å². The summed E-state index contributed by atoms with van der Waals surface area (Å²) in [4.78, 5) is -0.612. The van der Waals surface area contributed by atoms with Gasteiger partial charge in [0, 0.05) is 5.54 Å². The second kappa shape index (κ2) is 5.26. The minimum Gasteiger partial charge on any atom is -0.207 e. The van der Waals surface area contributed by atoms with Gasteiger partial charge in [-0.05, 0) is 83.3 Å². The van der Waals surface area contributed by atoms with Crippen LogP contribution in [0.15, 0.2) is 21.5 Å². The van der Waals surface area contributed by atoms with Crippen LogP contribution < -0.4 is 4.72 Å². The van der Waals surface area contributed by atoms with E-state index in [0.717, 1.165) is 50.7 Å². The van der Waals surface area contributed by atoms with E-state index < -0.39 is 32.1 Å².